The summed E-state index contributed by atoms with van der Waals surface area (Å²) in [6, 6.07) is 0. The Balaban J connectivity index is 1.92. The van der Waals surface area contributed by atoms with Crippen LogP contribution in [0, 0.1) is 3.57 Å². The molecule has 1 aromatic heterocycles. The molecule has 0 bridgehead atoms. The fourth-order valence-corrected chi connectivity index (χ4v) is 3.26. The standard InChI is InChI=1S/C14H20IN3O/c1-2-6-16-14-11(15)12(9-3-4-9)17-13(18-14)10-5-7-19-8-10/h9-10H,2-8H2,1H3,(H,16,17,18). The van der Waals surface area contributed by atoms with Gasteiger partial charge in [-0.15, -0.1) is 0 Å². The Hall–Kier alpha value is -0.430. The van der Waals surface area contributed by atoms with Crippen molar-refractivity contribution in [1.29, 1.82) is 0 Å². The van der Waals surface area contributed by atoms with Crippen LogP contribution in [-0.4, -0.2) is 29.7 Å². The SMILES string of the molecule is CCCNc1nc(C2CCOC2)nc(C2CC2)c1I. The summed E-state index contributed by atoms with van der Waals surface area (Å²) in [6.07, 6.45) is 4.72. The normalized spacial score (nSPS) is 22.7. The quantitative estimate of drug-likeness (QED) is 0.805. The van der Waals surface area contributed by atoms with E-state index in [-0.39, 0.29) is 0 Å². The van der Waals surface area contributed by atoms with Crippen LogP contribution in [0.3, 0.4) is 0 Å². The van der Waals surface area contributed by atoms with Gasteiger partial charge in [0.15, 0.2) is 0 Å². The molecule has 1 N–H and O–H groups in total. The number of hydrogen-bond donors (Lipinski definition) is 1. The maximum Gasteiger partial charge on any atom is 0.143 e. The molecule has 4 nitrogen and oxygen atoms in total. The highest BCUT2D eigenvalue weighted by Gasteiger charge is 2.31. The Kier molecular flexibility index (Phi) is 4.21. The molecule has 1 atom stereocenters. The molecule has 1 aliphatic heterocycles. The third-order valence-corrected chi connectivity index (χ3v) is 4.76. The lowest BCUT2D eigenvalue weighted by atomic mass is 10.1. The van der Waals surface area contributed by atoms with Crippen molar-refractivity contribution < 1.29 is 4.74 Å². The molecule has 2 heterocycles. The lowest BCUT2D eigenvalue weighted by Gasteiger charge is -2.14. The highest BCUT2D eigenvalue weighted by molar-refractivity contribution is 14.1. The van der Waals surface area contributed by atoms with Gasteiger partial charge in [0.25, 0.3) is 0 Å². The molecule has 1 unspecified atom stereocenters. The average molecular weight is 373 g/mol. The smallest absolute Gasteiger partial charge is 0.143 e. The largest absolute Gasteiger partial charge is 0.381 e. The number of rotatable bonds is 5. The van der Waals surface area contributed by atoms with Crippen molar-refractivity contribution in [1.82, 2.24) is 9.97 Å². The highest BCUT2D eigenvalue weighted by atomic mass is 127. The third kappa shape index (κ3) is 3.02. The van der Waals surface area contributed by atoms with Crippen LogP contribution in [0.25, 0.3) is 0 Å². The van der Waals surface area contributed by atoms with Gasteiger partial charge in [0.1, 0.15) is 11.6 Å². The van der Waals surface area contributed by atoms with Crippen molar-refractivity contribution in [3.05, 3.63) is 15.1 Å². The van der Waals surface area contributed by atoms with E-state index in [1.807, 2.05) is 0 Å². The van der Waals surface area contributed by atoms with Gasteiger partial charge in [0.05, 0.1) is 15.9 Å². The summed E-state index contributed by atoms with van der Waals surface area (Å²) in [5.41, 5.74) is 1.26. The van der Waals surface area contributed by atoms with Gasteiger partial charge < -0.3 is 10.1 Å². The van der Waals surface area contributed by atoms with Crippen molar-refractivity contribution in [2.24, 2.45) is 0 Å². The Morgan fingerprint density at radius 1 is 1.26 bits per heavy atom. The van der Waals surface area contributed by atoms with E-state index < -0.39 is 0 Å². The fourth-order valence-electron chi connectivity index (χ4n) is 2.39. The van der Waals surface area contributed by atoms with Crippen LogP contribution in [0.5, 0.6) is 0 Å². The molecule has 2 fully saturated rings. The van der Waals surface area contributed by atoms with E-state index >= 15 is 0 Å². The molecule has 0 spiro atoms. The Bertz CT molecular complexity index is 456. The molecule has 0 radical (unpaired) electrons. The van der Waals surface area contributed by atoms with E-state index in [4.69, 9.17) is 14.7 Å². The predicted molar refractivity (Wildman–Crippen MR) is 83.7 cm³/mol. The van der Waals surface area contributed by atoms with Crippen LogP contribution in [0.15, 0.2) is 0 Å². The van der Waals surface area contributed by atoms with Crippen molar-refractivity contribution in [2.75, 3.05) is 25.1 Å². The first-order valence-corrected chi connectivity index (χ1v) is 8.26. The van der Waals surface area contributed by atoms with Crippen molar-refractivity contribution in [2.45, 2.75) is 44.4 Å². The van der Waals surface area contributed by atoms with Gasteiger partial charge in [-0.1, -0.05) is 6.92 Å². The molecule has 0 aromatic carbocycles. The summed E-state index contributed by atoms with van der Waals surface area (Å²) in [6.45, 7) is 4.76. The number of halogens is 1. The van der Waals surface area contributed by atoms with Crippen LogP contribution >= 0.6 is 22.6 Å². The minimum Gasteiger partial charge on any atom is -0.381 e. The third-order valence-electron chi connectivity index (χ3n) is 3.70. The second kappa shape index (κ2) is 5.91. The second-order valence-electron chi connectivity index (χ2n) is 5.39. The topological polar surface area (TPSA) is 47.0 Å². The molecule has 1 aliphatic carbocycles. The maximum absolute atomic E-state index is 5.48. The van der Waals surface area contributed by atoms with E-state index in [1.165, 1.54) is 22.1 Å². The number of aromatic nitrogens is 2. The molecule has 1 saturated heterocycles. The van der Waals surface area contributed by atoms with Gasteiger partial charge in [-0.25, -0.2) is 9.97 Å². The van der Waals surface area contributed by atoms with E-state index in [0.29, 0.717) is 11.8 Å². The molecule has 5 heteroatoms. The van der Waals surface area contributed by atoms with Crippen molar-refractivity contribution in [3.63, 3.8) is 0 Å². The lowest BCUT2D eigenvalue weighted by Crippen LogP contribution is -2.13. The first kappa shape index (κ1) is 13.5. The zero-order valence-corrected chi connectivity index (χ0v) is 13.4. The van der Waals surface area contributed by atoms with Gasteiger partial charge in [0.2, 0.25) is 0 Å². The second-order valence-corrected chi connectivity index (χ2v) is 6.47. The molecule has 104 valence electrons. The highest BCUT2D eigenvalue weighted by Crippen LogP contribution is 2.43. The summed E-state index contributed by atoms with van der Waals surface area (Å²) in [5.74, 6) is 3.06. The van der Waals surface area contributed by atoms with Gasteiger partial charge in [0, 0.05) is 25.0 Å². The van der Waals surface area contributed by atoms with Crippen LogP contribution in [0.1, 0.15) is 56.0 Å². The molecule has 19 heavy (non-hydrogen) atoms. The molecule has 1 aromatic rings. The Morgan fingerprint density at radius 2 is 2.11 bits per heavy atom. The van der Waals surface area contributed by atoms with Gasteiger partial charge in [-0.2, -0.15) is 0 Å². The van der Waals surface area contributed by atoms with Crippen LogP contribution in [0.4, 0.5) is 5.82 Å². The van der Waals surface area contributed by atoms with E-state index in [0.717, 1.165) is 44.2 Å². The number of anilines is 1. The first-order valence-electron chi connectivity index (χ1n) is 7.18. The minimum absolute atomic E-state index is 0.386. The van der Waals surface area contributed by atoms with Crippen molar-refractivity contribution >= 4 is 28.4 Å². The summed E-state index contributed by atoms with van der Waals surface area (Å²) >= 11 is 2.40. The minimum atomic E-state index is 0.386. The molecule has 1 saturated carbocycles. The maximum atomic E-state index is 5.48. The molecule has 3 rings (SSSR count). The molecule has 2 aliphatic rings. The molecule has 0 amide bonds. The van der Waals surface area contributed by atoms with E-state index in [2.05, 4.69) is 34.8 Å². The van der Waals surface area contributed by atoms with Crippen molar-refractivity contribution in [3.8, 4) is 0 Å². The summed E-state index contributed by atoms with van der Waals surface area (Å²) in [5, 5.41) is 3.45. The van der Waals surface area contributed by atoms with E-state index in [9.17, 15) is 0 Å². The first-order chi connectivity index (χ1) is 9.29. The lowest BCUT2D eigenvalue weighted by molar-refractivity contribution is 0.193. The number of nitrogens with zero attached hydrogens (tertiary/aromatic N) is 2. The monoisotopic (exact) mass is 373 g/mol. The molecular formula is C14H20IN3O. The molecular weight excluding hydrogens is 353 g/mol. The summed E-state index contributed by atoms with van der Waals surface area (Å²) in [7, 11) is 0. The number of ether oxygens (including phenoxy) is 1. The number of hydrogen-bond acceptors (Lipinski definition) is 4. The van der Waals surface area contributed by atoms with Gasteiger partial charge in [-0.3, -0.25) is 0 Å². The zero-order chi connectivity index (χ0) is 13.2. The fraction of sp³-hybridized carbons (Fsp3) is 0.714. The summed E-state index contributed by atoms with van der Waals surface area (Å²) in [4.78, 5) is 9.60. The van der Waals surface area contributed by atoms with E-state index in [1.54, 1.807) is 0 Å². The Morgan fingerprint density at radius 3 is 2.74 bits per heavy atom. The van der Waals surface area contributed by atoms with Crippen LogP contribution < -0.4 is 5.32 Å². The zero-order valence-electron chi connectivity index (χ0n) is 11.3. The van der Waals surface area contributed by atoms with Gasteiger partial charge >= 0.3 is 0 Å². The number of nitrogens with one attached hydrogen (secondary N) is 1. The summed E-state index contributed by atoms with van der Waals surface area (Å²) < 4.78 is 6.70. The van der Waals surface area contributed by atoms with Crippen LogP contribution in [0.2, 0.25) is 0 Å². The van der Waals surface area contributed by atoms with Crippen LogP contribution in [-0.2, 0) is 4.74 Å². The predicted octanol–water partition coefficient (Wildman–Crippen LogP) is 3.28. The average Bonchev–Trinajstić information content (AvgIpc) is 3.11. The van der Waals surface area contributed by atoms with Gasteiger partial charge in [-0.05, 0) is 48.3 Å². The Labute approximate surface area is 127 Å².